The van der Waals surface area contributed by atoms with Crippen molar-refractivity contribution in [3.8, 4) is 0 Å². The number of nitrogen functional groups attached to an aromatic ring is 1. The molecule has 0 spiro atoms. The predicted octanol–water partition coefficient (Wildman–Crippen LogP) is 1.30. The zero-order valence-electron chi connectivity index (χ0n) is 9.44. The van der Waals surface area contributed by atoms with Gasteiger partial charge in [0.2, 0.25) is 11.8 Å². The van der Waals surface area contributed by atoms with Gasteiger partial charge in [-0.1, -0.05) is 13.0 Å². The Balaban J connectivity index is 2.18. The van der Waals surface area contributed by atoms with Gasteiger partial charge in [-0.2, -0.15) is 0 Å². The standard InChI is InChI=1S/C12H13FN2O2/c1-7-4-11(16)15(12(7)17)6-8-2-3-10(14)9(13)5-8/h2-3,5,7H,4,6,14H2,1H3. The largest absolute Gasteiger partial charge is 0.396 e. The molecule has 2 N–H and O–H groups in total. The van der Waals surface area contributed by atoms with E-state index in [1.54, 1.807) is 13.0 Å². The van der Waals surface area contributed by atoms with Crippen LogP contribution in [0.25, 0.3) is 0 Å². The molecule has 0 bridgehead atoms. The molecule has 0 radical (unpaired) electrons. The number of rotatable bonds is 2. The van der Waals surface area contributed by atoms with Gasteiger partial charge in [0.25, 0.3) is 0 Å². The Morgan fingerprint density at radius 3 is 2.71 bits per heavy atom. The molecular weight excluding hydrogens is 223 g/mol. The second-order valence-electron chi connectivity index (χ2n) is 4.28. The summed E-state index contributed by atoms with van der Waals surface area (Å²) in [6.07, 6.45) is 0.232. The fourth-order valence-electron chi connectivity index (χ4n) is 1.87. The summed E-state index contributed by atoms with van der Waals surface area (Å²) in [5.41, 5.74) is 5.97. The second kappa shape index (κ2) is 4.16. The Hall–Kier alpha value is -1.91. The SMILES string of the molecule is CC1CC(=O)N(Cc2ccc(N)c(F)c2)C1=O. The van der Waals surface area contributed by atoms with Crippen LogP contribution in [0.1, 0.15) is 18.9 Å². The maximum atomic E-state index is 13.2. The van der Waals surface area contributed by atoms with Gasteiger partial charge in [0.05, 0.1) is 12.2 Å². The summed E-state index contributed by atoms with van der Waals surface area (Å²) in [5, 5.41) is 0. The van der Waals surface area contributed by atoms with Gasteiger partial charge < -0.3 is 5.73 Å². The molecule has 1 heterocycles. The van der Waals surface area contributed by atoms with Crippen molar-refractivity contribution in [1.29, 1.82) is 0 Å². The van der Waals surface area contributed by atoms with E-state index < -0.39 is 5.82 Å². The Labute approximate surface area is 98.2 Å². The number of benzene rings is 1. The van der Waals surface area contributed by atoms with Crippen LogP contribution in [0, 0.1) is 11.7 Å². The molecular formula is C12H13FN2O2. The number of hydrogen-bond acceptors (Lipinski definition) is 3. The van der Waals surface area contributed by atoms with Crippen LogP contribution in [0.5, 0.6) is 0 Å². The lowest BCUT2D eigenvalue weighted by molar-refractivity contribution is -0.139. The molecule has 0 saturated carbocycles. The third-order valence-electron chi connectivity index (χ3n) is 2.88. The molecule has 17 heavy (non-hydrogen) atoms. The molecule has 1 aromatic carbocycles. The molecule has 1 aliphatic rings. The zero-order valence-corrected chi connectivity index (χ0v) is 9.44. The highest BCUT2D eigenvalue weighted by Gasteiger charge is 2.35. The number of anilines is 1. The summed E-state index contributed by atoms with van der Waals surface area (Å²) in [6, 6.07) is 4.29. The molecule has 5 heteroatoms. The number of likely N-dealkylation sites (tertiary alicyclic amines) is 1. The molecule has 1 aromatic rings. The Bertz CT molecular complexity index is 487. The van der Waals surface area contributed by atoms with Gasteiger partial charge in [-0.15, -0.1) is 0 Å². The quantitative estimate of drug-likeness (QED) is 0.622. The average Bonchev–Trinajstić information content (AvgIpc) is 2.50. The number of nitrogens with zero attached hydrogens (tertiary/aromatic N) is 1. The number of halogens is 1. The molecule has 2 amide bonds. The molecule has 1 saturated heterocycles. The van der Waals surface area contributed by atoms with Gasteiger partial charge in [0, 0.05) is 12.3 Å². The summed E-state index contributed by atoms with van der Waals surface area (Å²) < 4.78 is 13.2. The first kappa shape index (κ1) is 11.6. The summed E-state index contributed by atoms with van der Waals surface area (Å²) in [5.74, 6) is -1.22. The number of hydrogen-bond donors (Lipinski definition) is 1. The van der Waals surface area contributed by atoms with Crippen LogP contribution < -0.4 is 5.73 Å². The van der Waals surface area contributed by atoms with Crippen LogP contribution in [0.2, 0.25) is 0 Å². The van der Waals surface area contributed by atoms with Crippen molar-refractivity contribution in [2.24, 2.45) is 5.92 Å². The highest BCUT2D eigenvalue weighted by Crippen LogP contribution is 2.22. The van der Waals surface area contributed by atoms with Crippen molar-refractivity contribution in [2.45, 2.75) is 19.9 Å². The third-order valence-corrected chi connectivity index (χ3v) is 2.88. The fourth-order valence-corrected chi connectivity index (χ4v) is 1.87. The van der Waals surface area contributed by atoms with Crippen LogP contribution in [0.4, 0.5) is 10.1 Å². The normalized spacial score (nSPS) is 20.1. The van der Waals surface area contributed by atoms with Gasteiger partial charge in [-0.05, 0) is 17.7 Å². The van der Waals surface area contributed by atoms with Gasteiger partial charge >= 0.3 is 0 Å². The van der Waals surface area contributed by atoms with Gasteiger partial charge in [-0.3, -0.25) is 14.5 Å². The molecule has 2 rings (SSSR count). The number of carbonyl (C=O) groups excluding carboxylic acids is 2. The van der Waals surface area contributed by atoms with Gasteiger partial charge in [-0.25, -0.2) is 4.39 Å². The van der Waals surface area contributed by atoms with E-state index >= 15 is 0 Å². The van der Waals surface area contributed by atoms with Gasteiger partial charge in [0.1, 0.15) is 5.82 Å². The van der Waals surface area contributed by atoms with E-state index in [9.17, 15) is 14.0 Å². The first-order valence-corrected chi connectivity index (χ1v) is 5.37. The number of amides is 2. The highest BCUT2D eigenvalue weighted by atomic mass is 19.1. The first-order chi connectivity index (χ1) is 7.99. The van der Waals surface area contributed by atoms with E-state index in [0.29, 0.717) is 5.56 Å². The van der Waals surface area contributed by atoms with Crippen molar-refractivity contribution < 1.29 is 14.0 Å². The molecule has 1 fully saturated rings. The minimum absolute atomic E-state index is 0.0567. The van der Waals surface area contributed by atoms with Crippen LogP contribution in [-0.2, 0) is 16.1 Å². The smallest absolute Gasteiger partial charge is 0.232 e. The Kier molecular flexibility index (Phi) is 2.83. The molecule has 1 atom stereocenters. The molecule has 1 aliphatic heterocycles. The summed E-state index contributed by atoms with van der Waals surface area (Å²) >= 11 is 0. The van der Waals surface area contributed by atoms with E-state index in [4.69, 9.17) is 5.73 Å². The van der Waals surface area contributed by atoms with Crippen LogP contribution >= 0.6 is 0 Å². The minimum atomic E-state index is -0.533. The number of imide groups is 1. The number of nitrogens with two attached hydrogens (primary N) is 1. The predicted molar refractivity (Wildman–Crippen MR) is 60.2 cm³/mol. The summed E-state index contributed by atoms with van der Waals surface area (Å²) in [7, 11) is 0. The minimum Gasteiger partial charge on any atom is -0.396 e. The molecule has 0 aromatic heterocycles. The third kappa shape index (κ3) is 2.13. The first-order valence-electron chi connectivity index (χ1n) is 5.37. The van der Waals surface area contributed by atoms with E-state index in [1.807, 2.05) is 0 Å². The van der Waals surface area contributed by atoms with Crippen LogP contribution in [-0.4, -0.2) is 16.7 Å². The van der Waals surface area contributed by atoms with Crippen molar-refractivity contribution in [3.05, 3.63) is 29.6 Å². The maximum Gasteiger partial charge on any atom is 0.232 e. The lowest BCUT2D eigenvalue weighted by atomic mass is 10.1. The van der Waals surface area contributed by atoms with Crippen molar-refractivity contribution >= 4 is 17.5 Å². The second-order valence-corrected chi connectivity index (χ2v) is 4.28. The van der Waals surface area contributed by atoms with E-state index in [2.05, 4.69) is 0 Å². The Morgan fingerprint density at radius 2 is 2.18 bits per heavy atom. The molecule has 90 valence electrons. The molecule has 4 nitrogen and oxygen atoms in total. The van der Waals surface area contributed by atoms with Crippen molar-refractivity contribution in [3.63, 3.8) is 0 Å². The monoisotopic (exact) mass is 236 g/mol. The average molecular weight is 236 g/mol. The van der Waals surface area contributed by atoms with Crippen molar-refractivity contribution in [1.82, 2.24) is 4.90 Å². The van der Waals surface area contributed by atoms with E-state index in [-0.39, 0.29) is 36.4 Å². The van der Waals surface area contributed by atoms with Crippen molar-refractivity contribution in [2.75, 3.05) is 5.73 Å². The van der Waals surface area contributed by atoms with E-state index in [1.165, 1.54) is 12.1 Å². The highest BCUT2D eigenvalue weighted by molar-refractivity contribution is 6.03. The Morgan fingerprint density at radius 1 is 1.47 bits per heavy atom. The maximum absolute atomic E-state index is 13.2. The zero-order chi connectivity index (χ0) is 12.6. The molecule has 1 unspecified atom stereocenters. The van der Waals surface area contributed by atoms with Crippen LogP contribution in [0.15, 0.2) is 18.2 Å². The lowest BCUT2D eigenvalue weighted by Crippen LogP contribution is -2.29. The van der Waals surface area contributed by atoms with E-state index in [0.717, 1.165) is 4.90 Å². The summed E-state index contributed by atoms with van der Waals surface area (Å²) in [4.78, 5) is 24.4. The van der Waals surface area contributed by atoms with Gasteiger partial charge in [0.15, 0.2) is 0 Å². The fraction of sp³-hybridized carbons (Fsp3) is 0.333. The molecule has 0 aliphatic carbocycles. The summed E-state index contributed by atoms with van der Waals surface area (Å²) in [6.45, 7) is 1.82. The lowest BCUT2D eigenvalue weighted by Gasteiger charge is -2.14. The topological polar surface area (TPSA) is 63.4 Å². The van der Waals surface area contributed by atoms with Crippen LogP contribution in [0.3, 0.4) is 0 Å². The number of carbonyl (C=O) groups is 2.